The fourth-order valence-electron chi connectivity index (χ4n) is 5.08. The number of nitrogens with two attached hydrogens (primary N) is 1. The molecule has 4 aromatic rings. The van der Waals surface area contributed by atoms with Gasteiger partial charge in [-0.3, -0.25) is 0 Å². The number of pyridine rings is 2. The summed E-state index contributed by atoms with van der Waals surface area (Å²) < 4.78 is 49.8. The van der Waals surface area contributed by atoms with Crippen molar-refractivity contribution in [2.45, 2.75) is 5.54 Å². The van der Waals surface area contributed by atoms with Crippen molar-refractivity contribution in [3.63, 3.8) is 0 Å². The van der Waals surface area contributed by atoms with Gasteiger partial charge in [-0.05, 0) is 42.0 Å². The minimum atomic E-state index is -1.53. The van der Waals surface area contributed by atoms with E-state index in [1.54, 1.807) is 54.6 Å². The van der Waals surface area contributed by atoms with Crippen molar-refractivity contribution in [2.75, 3.05) is 0 Å². The lowest BCUT2D eigenvalue weighted by molar-refractivity contribution is -0.850. The summed E-state index contributed by atoms with van der Waals surface area (Å²) in [6.45, 7) is 0. The van der Waals surface area contributed by atoms with Gasteiger partial charge in [0, 0.05) is 49.9 Å². The van der Waals surface area contributed by atoms with Crippen molar-refractivity contribution in [3.05, 3.63) is 114 Å². The summed E-state index contributed by atoms with van der Waals surface area (Å²) in [5.41, 5.74) is 6.92. The van der Waals surface area contributed by atoms with Crippen LogP contribution in [-0.4, -0.2) is 26.5 Å². The molecule has 0 fully saturated rings. The number of ether oxygens (including phenoxy) is 1. The van der Waals surface area contributed by atoms with E-state index >= 15 is 4.48 Å². The van der Waals surface area contributed by atoms with Gasteiger partial charge in [0.25, 0.3) is 5.84 Å². The highest BCUT2D eigenvalue weighted by Crippen LogP contribution is 2.56. The van der Waals surface area contributed by atoms with Crippen LogP contribution in [0.25, 0.3) is 16.8 Å². The topological polar surface area (TPSA) is 85.8 Å². The van der Waals surface area contributed by atoms with Crippen LogP contribution in [0.15, 0.2) is 95.3 Å². The first-order valence-electron chi connectivity index (χ1n) is 11.3. The molecule has 0 radical (unpaired) electrons. The van der Waals surface area contributed by atoms with Crippen LogP contribution < -0.4 is 10.5 Å². The van der Waals surface area contributed by atoms with Crippen molar-refractivity contribution < 1.29 is 22.7 Å². The second-order valence-corrected chi connectivity index (χ2v) is 8.78. The Kier molecular flexibility index (Phi) is 4.26. The number of hydrogen-bond acceptors (Lipinski definition) is 6. The number of quaternary nitrogens is 1. The number of guanidine groups is 1. The summed E-state index contributed by atoms with van der Waals surface area (Å²) in [5, 5.41) is 0. The minimum Gasteiger partial charge on any atom is -0.457 e. The zero-order chi connectivity index (χ0) is 25.4. The molecule has 7 nitrogen and oxygen atoms in total. The third kappa shape index (κ3) is 2.87. The second-order valence-electron chi connectivity index (χ2n) is 8.78. The van der Waals surface area contributed by atoms with Gasteiger partial charge in [-0.1, -0.05) is 24.3 Å². The van der Waals surface area contributed by atoms with Crippen molar-refractivity contribution in [1.82, 2.24) is 9.97 Å². The lowest BCUT2D eigenvalue weighted by Gasteiger charge is -2.33. The molecule has 1 unspecified atom stereocenters. The van der Waals surface area contributed by atoms with E-state index in [0.717, 1.165) is 0 Å². The van der Waals surface area contributed by atoms with Gasteiger partial charge in [0.15, 0.2) is 6.20 Å². The predicted molar refractivity (Wildman–Crippen MR) is 130 cm³/mol. The highest BCUT2D eigenvalue weighted by molar-refractivity contribution is 6.09. The van der Waals surface area contributed by atoms with E-state index in [1.807, 2.05) is 0 Å². The van der Waals surface area contributed by atoms with E-state index in [9.17, 15) is 8.78 Å². The maximum atomic E-state index is 16.7. The maximum absolute atomic E-state index is 16.7. The standard InChI is InChI=1S/C27H16F3N6O/c28-23-13-16(9-11-32-23)20-14-36(30)25(34-20)27(35-26(36)31)18-5-1-2-6-21(18)37-22-8-7-15(12-19(22)27)17-4-3-10-33-24(17)29/h1-14H,(H2,31,35)/q+1/t27-,36?/m0/s1. The van der Waals surface area contributed by atoms with Gasteiger partial charge in [-0.15, -0.1) is 0 Å². The van der Waals surface area contributed by atoms with Crippen LogP contribution in [0.5, 0.6) is 11.5 Å². The molecule has 0 saturated heterocycles. The Morgan fingerprint density at radius 3 is 2.51 bits per heavy atom. The van der Waals surface area contributed by atoms with Gasteiger partial charge in [0.2, 0.25) is 17.4 Å². The molecule has 7 rings (SSSR count). The molecule has 0 aliphatic carbocycles. The van der Waals surface area contributed by atoms with Crippen LogP contribution in [0.1, 0.15) is 16.7 Å². The van der Waals surface area contributed by atoms with Gasteiger partial charge < -0.3 is 10.5 Å². The molecule has 5 heterocycles. The monoisotopic (exact) mass is 497 g/mol. The van der Waals surface area contributed by atoms with Crippen LogP contribution in [0.4, 0.5) is 13.3 Å². The summed E-state index contributed by atoms with van der Waals surface area (Å²) >= 11 is 0. The number of fused-ring (bicyclic) bond motifs is 6. The number of benzene rings is 2. The fraction of sp³-hybridized carbons (Fsp3) is 0.0370. The van der Waals surface area contributed by atoms with Crippen molar-refractivity contribution in [2.24, 2.45) is 15.7 Å². The third-order valence-corrected chi connectivity index (χ3v) is 6.73. The Morgan fingerprint density at radius 1 is 0.838 bits per heavy atom. The fourth-order valence-corrected chi connectivity index (χ4v) is 5.08. The number of halogens is 3. The molecular formula is C27H16F3N6O+. The molecule has 3 aliphatic heterocycles. The van der Waals surface area contributed by atoms with Gasteiger partial charge in [-0.2, -0.15) is 18.8 Å². The van der Waals surface area contributed by atoms with Gasteiger partial charge in [0.05, 0.1) is 0 Å². The van der Waals surface area contributed by atoms with E-state index in [-0.39, 0.29) is 23.1 Å². The summed E-state index contributed by atoms with van der Waals surface area (Å²) in [7, 11) is 0. The van der Waals surface area contributed by atoms with Crippen LogP contribution in [0.3, 0.4) is 0 Å². The zero-order valence-corrected chi connectivity index (χ0v) is 18.9. The molecule has 0 bridgehead atoms. The number of rotatable bonds is 2. The Bertz CT molecular complexity index is 1730. The Hall–Kier alpha value is -4.83. The average molecular weight is 497 g/mol. The molecule has 37 heavy (non-hydrogen) atoms. The molecular weight excluding hydrogens is 481 g/mol. The van der Waals surface area contributed by atoms with Gasteiger partial charge in [-0.25, -0.2) is 9.97 Å². The highest BCUT2D eigenvalue weighted by atomic mass is 19.2. The third-order valence-electron chi connectivity index (χ3n) is 6.73. The molecule has 3 aliphatic rings. The summed E-state index contributed by atoms with van der Waals surface area (Å²) in [4.78, 5) is 16.6. The first kappa shape index (κ1) is 21.5. The van der Waals surface area contributed by atoms with Crippen molar-refractivity contribution in [1.29, 1.82) is 0 Å². The van der Waals surface area contributed by atoms with Gasteiger partial charge in [0.1, 0.15) is 17.2 Å². The number of para-hydroxylation sites is 1. The lowest BCUT2D eigenvalue weighted by Crippen LogP contribution is -2.49. The zero-order valence-electron chi connectivity index (χ0n) is 18.9. The number of amidine groups is 1. The number of aliphatic imine (C=N–C) groups is 2. The van der Waals surface area contributed by atoms with E-state index in [2.05, 4.69) is 20.0 Å². The Labute approximate surface area is 208 Å². The van der Waals surface area contributed by atoms with Crippen LogP contribution >= 0.6 is 0 Å². The SMILES string of the molecule is NC1=N[C@@]2(C3=NC(c4ccnc(F)c4)=C[N+]13F)c1ccccc1Oc1ccc(-c3cccnc3F)cc12. The van der Waals surface area contributed by atoms with Crippen molar-refractivity contribution in [3.8, 4) is 22.6 Å². The molecule has 0 amide bonds. The normalized spacial score (nSPS) is 22.9. The number of aromatic nitrogens is 2. The Balaban J connectivity index is 1.51. The maximum Gasteiger partial charge on any atom is 0.347 e. The lowest BCUT2D eigenvalue weighted by atomic mass is 9.78. The molecule has 2 aromatic carbocycles. The molecule has 2 N–H and O–H groups in total. The molecule has 10 heteroatoms. The number of nitrogens with zero attached hydrogens (tertiary/aromatic N) is 5. The summed E-state index contributed by atoms with van der Waals surface area (Å²) in [6, 6.07) is 18.0. The molecule has 2 aromatic heterocycles. The number of hydrogen-bond donors (Lipinski definition) is 1. The van der Waals surface area contributed by atoms with Gasteiger partial charge >= 0.3 is 5.96 Å². The van der Waals surface area contributed by atoms with E-state index < -0.39 is 22.1 Å². The predicted octanol–water partition coefficient (Wildman–Crippen LogP) is 5.21. The van der Waals surface area contributed by atoms with Crippen LogP contribution in [0.2, 0.25) is 0 Å². The highest BCUT2D eigenvalue weighted by Gasteiger charge is 2.67. The molecule has 0 saturated carbocycles. The summed E-state index contributed by atoms with van der Waals surface area (Å²) in [6.07, 6.45) is 3.82. The first-order chi connectivity index (χ1) is 17.9. The quantitative estimate of drug-likeness (QED) is 0.304. The Morgan fingerprint density at radius 2 is 1.68 bits per heavy atom. The van der Waals surface area contributed by atoms with E-state index in [1.165, 1.54) is 30.7 Å². The smallest absolute Gasteiger partial charge is 0.347 e. The molecule has 180 valence electrons. The second kappa shape index (κ2) is 7.34. The van der Waals surface area contributed by atoms with Crippen molar-refractivity contribution >= 4 is 17.5 Å². The van der Waals surface area contributed by atoms with E-state index in [0.29, 0.717) is 33.8 Å². The average Bonchev–Trinajstić information content (AvgIpc) is 3.37. The summed E-state index contributed by atoms with van der Waals surface area (Å²) in [5.74, 6) is -0.950. The minimum absolute atomic E-state index is 0.0574. The van der Waals surface area contributed by atoms with Crippen LogP contribution in [-0.2, 0) is 5.54 Å². The van der Waals surface area contributed by atoms with E-state index in [4.69, 9.17) is 10.5 Å². The first-order valence-corrected chi connectivity index (χ1v) is 11.3. The molecule has 1 spiro atoms. The largest absolute Gasteiger partial charge is 0.457 e. The van der Waals surface area contributed by atoms with Crippen LogP contribution in [0, 0.1) is 11.9 Å². The molecule has 2 atom stereocenters.